The molecule has 0 amide bonds. The molecule has 0 saturated heterocycles. The molecule has 114 valence electrons. The van der Waals surface area contributed by atoms with Crippen LogP contribution in [0, 0.1) is 18.6 Å². The maximum Gasteiger partial charge on any atom is 0.222 e. The van der Waals surface area contributed by atoms with Crippen molar-refractivity contribution in [2.45, 2.75) is 33.4 Å². The lowest BCUT2D eigenvalue weighted by molar-refractivity contribution is 0.395. The molecule has 6 heteroatoms. The first-order valence-electron chi connectivity index (χ1n) is 6.77. The van der Waals surface area contributed by atoms with Gasteiger partial charge in [0, 0.05) is 25.7 Å². The largest absolute Gasteiger partial charge is 0.436 e. The number of nitrogens with zero attached hydrogens (tertiary/aromatic N) is 2. The van der Waals surface area contributed by atoms with Crippen LogP contribution in [0.2, 0.25) is 0 Å². The second-order valence-electron chi connectivity index (χ2n) is 5.21. The van der Waals surface area contributed by atoms with Gasteiger partial charge in [0.2, 0.25) is 5.88 Å². The van der Waals surface area contributed by atoms with E-state index in [1.165, 1.54) is 6.07 Å². The minimum absolute atomic E-state index is 0.0230. The van der Waals surface area contributed by atoms with E-state index in [1.807, 2.05) is 20.8 Å². The Labute approximate surface area is 122 Å². The molecule has 0 aliphatic carbocycles. The SMILES string of the molecule is Cc1nn(C)c(Oc2ccc(F)cc2F)c1CNC(C)C. The topological polar surface area (TPSA) is 39.1 Å². The van der Waals surface area contributed by atoms with E-state index in [1.54, 1.807) is 11.7 Å². The van der Waals surface area contributed by atoms with Crippen molar-refractivity contribution in [3.8, 4) is 11.6 Å². The van der Waals surface area contributed by atoms with Gasteiger partial charge in [-0.1, -0.05) is 13.8 Å². The van der Waals surface area contributed by atoms with Crippen molar-refractivity contribution in [2.75, 3.05) is 0 Å². The van der Waals surface area contributed by atoms with Crippen LogP contribution >= 0.6 is 0 Å². The molecular formula is C15H19F2N3O. The van der Waals surface area contributed by atoms with E-state index in [2.05, 4.69) is 10.4 Å². The van der Waals surface area contributed by atoms with Gasteiger partial charge in [0.1, 0.15) is 5.82 Å². The molecule has 0 radical (unpaired) electrons. The molecule has 1 aromatic carbocycles. The average molecular weight is 295 g/mol. The van der Waals surface area contributed by atoms with Crippen LogP contribution in [0.3, 0.4) is 0 Å². The van der Waals surface area contributed by atoms with Gasteiger partial charge in [-0.15, -0.1) is 0 Å². The lowest BCUT2D eigenvalue weighted by Gasteiger charge is -2.12. The standard InChI is InChI=1S/C15H19F2N3O/c1-9(2)18-8-12-10(3)19-20(4)15(12)21-14-6-5-11(16)7-13(14)17/h5-7,9,18H,8H2,1-4H3. The van der Waals surface area contributed by atoms with Crippen molar-refractivity contribution in [2.24, 2.45) is 7.05 Å². The number of benzene rings is 1. The van der Waals surface area contributed by atoms with Crippen LogP contribution in [-0.2, 0) is 13.6 Å². The lowest BCUT2D eigenvalue weighted by Crippen LogP contribution is -2.22. The zero-order chi connectivity index (χ0) is 15.6. The third-order valence-electron chi connectivity index (χ3n) is 3.08. The fourth-order valence-electron chi connectivity index (χ4n) is 1.98. The van der Waals surface area contributed by atoms with Gasteiger partial charge in [0.25, 0.3) is 0 Å². The molecule has 1 heterocycles. The molecule has 0 aliphatic rings. The molecule has 2 aromatic rings. The summed E-state index contributed by atoms with van der Waals surface area (Å²) in [6.45, 7) is 6.50. The summed E-state index contributed by atoms with van der Waals surface area (Å²) < 4.78 is 33.8. The molecule has 2 rings (SSSR count). The van der Waals surface area contributed by atoms with E-state index >= 15 is 0 Å². The van der Waals surface area contributed by atoms with Gasteiger partial charge in [0.05, 0.1) is 11.3 Å². The highest BCUT2D eigenvalue weighted by Crippen LogP contribution is 2.29. The Kier molecular flexibility index (Phi) is 4.57. The molecule has 0 atom stereocenters. The second-order valence-corrected chi connectivity index (χ2v) is 5.21. The Balaban J connectivity index is 2.30. The molecule has 0 aliphatic heterocycles. The minimum atomic E-state index is -0.739. The van der Waals surface area contributed by atoms with Crippen LogP contribution < -0.4 is 10.1 Å². The molecule has 0 unspecified atom stereocenters. The number of halogens is 2. The van der Waals surface area contributed by atoms with Gasteiger partial charge in [0.15, 0.2) is 11.6 Å². The summed E-state index contributed by atoms with van der Waals surface area (Å²) in [6, 6.07) is 3.53. The summed E-state index contributed by atoms with van der Waals surface area (Å²) in [6.07, 6.45) is 0. The third kappa shape index (κ3) is 3.58. The van der Waals surface area contributed by atoms with Gasteiger partial charge in [-0.2, -0.15) is 5.10 Å². The molecule has 0 saturated carbocycles. The summed E-state index contributed by atoms with van der Waals surface area (Å²) in [4.78, 5) is 0. The number of nitrogens with one attached hydrogen (secondary N) is 1. The van der Waals surface area contributed by atoms with Gasteiger partial charge >= 0.3 is 0 Å². The Morgan fingerprint density at radius 3 is 2.67 bits per heavy atom. The van der Waals surface area contributed by atoms with Crippen LogP contribution in [-0.4, -0.2) is 15.8 Å². The normalized spacial score (nSPS) is 11.2. The van der Waals surface area contributed by atoms with E-state index in [0.29, 0.717) is 18.5 Å². The fraction of sp³-hybridized carbons (Fsp3) is 0.400. The van der Waals surface area contributed by atoms with Gasteiger partial charge < -0.3 is 10.1 Å². The third-order valence-corrected chi connectivity index (χ3v) is 3.08. The molecule has 1 aromatic heterocycles. The van der Waals surface area contributed by atoms with Crippen LogP contribution in [0.25, 0.3) is 0 Å². The average Bonchev–Trinajstić information content (AvgIpc) is 2.65. The van der Waals surface area contributed by atoms with Crippen molar-refractivity contribution < 1.29 is 13.5 Å². The summed E-state index contributed by atoms with van der Waals surface area (Å²) in [5.41, 5.74) is 1.66. The Hall–Kier alpha value is -1.95. The van der Waals surface area contributed by atoms with E-state index in [4.69, 9.17) is 4.74 Å². The summed E-state index contributed by atoms with van der Waals surface area (Å²) >= 11 is 0. The van der Waals surface area contributed by atoms with E-state index in [-0.39, 0.29) is 5.75 Å². The van der Waals surface area contributed by atoms with Gasteiger partial charge in [-0.25, -0.2) is 13.5 Å². The Morgan fingerprint density at radius 1 is 1.33 bits per heavy atom. The zero-order valence-electron chi connectivity index (χ0n) is 12.6. The molecule has 21 heavy (non-hydrogen) atoms. The van der Waals surface area contributed by atoms with Gasteiger partial charge in [-0.3, -0.25) is 0 Å². The first-order valence-corrected chi connectivity index (χ1v) is 6.77. The minimum Gasteiger partial charge on any atom is -0.436 e. The second kappa shape index (κ2) is 6.22. The number of hydrogen-bond acceptors (Lipinski definition) is 3. The predicted molar refractivity (Wildman–Crippen MR) is 76.4 cm³/mol. The van der Waals surface area contributed by atoms with E-state index in [0.717, 1.165) is 23.4 Å². The number of hydrogen-bond donors (Lipinski definition) is 1. The first kappa shape index (κ1) is 15.4. The predicted octanol–water partition coefficient (Wildman–Crippen LogP) is 3.30. The molecular weight excluding hydrogens is 276 g/mol. The number of aromatic nitrogens is 2. The van der Waals surface area contributed by atoms with Crippen LogP contribution in [0.1, 0.15) is 25.1 Å². The van der Waals surface area contributed by atoms with Gasteiger partial charge in [-0.05, 0) is 19.1 Å². The molecule has 0 spiro atoms. The highest BCUT2D eigenvalue weighted by Gasteiger charge is 2.17. The highest BCUT2D eigenvalue weighted by atomic mass is 19.1. The van der Waals surface area contributed by atoms with Crippen molar-refractivity contribution >= 4 is 0 Å². The summed E-state index contributed by atoms with van der Waals surface area (Å²) in [7, 11) is 1.72. The summed E-state index contributed by atoms with van der Waals surface area (Å²) in [5.74, 6) is -0.948. The van der Waals surface area contributed by atoms with Crippen LogP contribution in [0.15, 0.2) is 18.2 Å². The quantitative estimate of drug-likeness (QED) is 0.920. The number of aryl methyl sites for hydroxylation is 2. The fourth-order valence-corrected chi connectivity index (χ4v) is 1.98. The smallest absolute Gasteiger partial charge is 0.222 e. The zero-order valence-corrected chi connectivity index (χ0v) is 12.6. The number of rotatable bonds is 5. The Morgan fingerprint density at radius 2 is 2.05 bits per heavy atom. The maximum atomic E-state index is 13.7. The van der Waals surface area contributed by atoms with E-state index < -0.39 is 11.6 Å². The molecule has 4 nitrogen and oxygen atoms in total. The highest BCUT2D eigenvalue weighted by molar-refractivity contribution is 5.36. The Bertz CT molecular complexity index is 638. The van der Waals surface area contributed by atoms with Crippen LogP contribution in [0.4, 0.5) is 8.78 Å². The lowest BCUT2D eigenvalue weighted by atomic mass is 10.2. The molecule has 0 bridgehead atoms. The van der Waals surface area contributed by atoms with Crippen molar-refractivity contribution in [1.29, 1.82) is 0 Å². The van der Waals surface area contributed by atoms with Crippen molar-refractivity contribution in [3.05, 3.63) is 41.1 Å². The molecule has 0 fully saturated rings. The monoisotopic (exact) mass is 295 g/mol. The summed E-state index contributed by atoms with van der Waals surface area (Å²) in [5, 5.41) is 7.57. The molecule has 1 N–H and O–H groups in total. The van der Waals surface area contributed by atoms with E-state index in [9.17, 15) is 8.78 Å². The number of ether oxygens (including phenoxy) is 1. The van der Waals surface area contributed by atoms with Crippen LogP contribution in [0.5, 0.6) is 11.6 Å². The van der Waals surface area contributed by atoms with Crippen molar-refractivity contribution in [3.63, 3.8) is 0 Å². The maximum absolute atomic E-state index is 13.7. The van der Waals surface area contributed by atoms with Crippen molar-refractivity contribution in [1.82, 2.24) is 15.1 Å². The first-order chi connectivity index (χ1) is 9.88.